The summed E-state index contributed by atoms with van der Waals surface area (Å²) in [6, 6.07) is 2.74. The van der Waals surface area contributed by atoms with Crippen LogP contribution in [0.1, 0.15) is 29.9 Å². The molecule has 0 fully saturated rings. The molecule has 0 aliphatic rings. The van der Waals surface area contributed by atoms with Crippen molar-refractivity contribution >= 4 is 23.2 Å². The first-order valence-corrected chi connectivity index (χ1v) is 7.71. The van der Waals surface area contributed by atoms with Crippen LogP contribution in [-0.4, -0.2) is 41.6 Å². The van der Waals surface area contributed by atoms with Crippen molar-refractivity contribution in [1.82, 2.24) is 9.61 Å². The van der Waals surface area contributed by atoms with Crippen LogP contribution in [0.2, 0.25) is 0 Å². The lowest BCUT2D eigenvalue weighted by molar-refractivity contribution is -0.160. The molecular weight excluding hydrogens is 331 g/mol. The van der Waals surface area contributed by atoms with E-state index in [-0.39, 0.29) is 5.56 Å². The summed E-state index contributed by atoms with van der Waals surface area (Å²) in [4.78, 5) is 36.7. The largest absolute Gasteiger partial charge is 0.468 e. The zero-order chi connectivity index (χ0) is 18.7. The lowest BCUT2D eigenvalue weighted by atomic mass is 9.87. The van der Waals surface area contributed by atoms with Crippen molar-refractivity contribution in [3.63, 3.8) is 0 Å². The SMILES string of the molecule is CCc1cc2c(C(=O)C(C)C(C(=O)OC)C(=O)OC)cc(F)cn2n1. The molecule has 0 saturated heterocycles. The zero-order valence-corrected chi connectivity index (χ0v) is 14.4. The van der Waals surface area contributed by atoms with Crippen LogP contribution >= 0.6 is 0 Å². The summed E-state index contributed by atoms with van der Waals surface area (Å²) in [5.41, 5.74) is 1.13. The molecule has 0 aromatic carbocycles. The maximum atomic E-state index is 13.9. The van der Waals surface area contributed by atoms with Crippen LogP contribution in [0, 0.1) is 17.7 Å². The fourth-order valence-electron chi connectivity index (χ4n) is 2.64. The van der Waals surface area contributed by atoms with Crippen LogP contribution in [-0.2, 0) is 25.5 Å². The predicted molar refractivity (Wildman–Crippen MR) is 85.5 cm³/mol. The van der Waals surface area contributed by atoms with Crippen molar-refractivity contribution in [1.29, 1.82) is 0 Å². The highest BCUT2D eigenvalue weighted by molar-refractivity contribution is 6.08. The van der Waals surface area contributed by atoms with Crippen molar-refractivity contribution in [3.8, 4) is 0 Å². The van der Waals surface area contributed by atoms with Crippen LogP contribution in [0.4, 0.5) is 4.39 Å². The van der Waals surface area contributed by atoms with Gasteiger partial charge in [0.15, 0.2) is 11.7 Å². The Bertz CT molecular complexity index is 814. The number of carbonyl (C=O) groups excluding carboxylic acids is 3. The molecule has 0 saturated carbocycles. The minimum atomic E-state index is -1.43. The number of pyridine rings is 1. The number of esters is 2. The van der Waals surface area contributed by atoms with E-state index in [0.717, 1.165) is 26.5 Å². The quantitative estimate of drug-likeness (QED) is 0.449. The van der Waals surface area contributed by atoms with Gasteiger partial charge in [0.1, 0.15) is 5.82 Å². The highest BCUT2D eigenvalue weighted by atomic mass is 19.1. The minimum Gasteiger partial charge on any atom is -0.468 e. The van der Waals surface area contributed by atoms with Crippen molar-refractivity contribution in [2.45, 2.75) is 20.3 Å². The van der Waals surface area contributed by atoms with Gasteiger partial charge in [-0.1, -0.05) is 13.8 Å². The number of rotatable bonds is 6. The van der Waals surface area contributed by atoms with E-state index in [0.29, 0.717) is 17.6 Å². The molecule has 2 aromatic heterocycles. The van der Waals surface area contributed by atoms with Crippen molar-refractivity contribution in [3.05, 3.63) is 35.4 Å². The van der Waals surface area contributed by atoms with Gasteiger partial charge < -0.3 is 9.47 Å². The van der Waals surface area contributed by atoms with Crippen LogP contribution in [0.25, 0.3) is 5.52 Å². The number of ketones is 1. The van der Waals surface area contributed by atoms with Crippen LogP contribution in [0.15, 0.2) is 18.3 Å². The Hall–Kier alpha value is -2.77. The Morgan fingerprint density at radius 3 is 2.32 bits per heavy atom. The number of hydrogen-bond acceptors (Lipinski definition) is 6. The molecule has 1 atom stereocenters. The minimum absolute atomic E-state index is 0.0394. The summed E-state index contributed by atoms with van der Waals surface area (Å²) in [5.74, 6) is -5.52. The second kappa shape index (κ2) is 7.42. The number of carbonyl (C=O) groups is 3. The molecule has 134 valence electrons. The molecule has 1 unspecified atom stereocenters. The number of fused-ring (bicyclic) bond motifs is 1. The second-order valence-electron chi connectivity index (χ2n) is 5.57. The molecule has 0 aliphatic heterocycles. The van der Waals surface area contributed by atoms with E-state index in [2.05, 4.69) is 14.6 Å². The van der Waals surface area contributed by atoms with E-state index in [4.69, 9.17) is 0 Å². The van der Waals surface area contributed by atoms with Crippen LogP contribution in [0.5, 0.6) is 0 Å². The van der Waals surface area contributed by atoms with Gasteiger partial charge in [0.05, 0.1) is 31.6 Å². The van der Waals surface area contributed by atoms with Gasteiger partial charge in [0, 0.05) is 11.5 Å². The number of ether oxygens (including phenoxy) is 2. The molecule has 8 heteroatoms. The maximum absolute atomic E-state index is 13.9. The van der Waals surface area contributed by atoms with Crippen molar-refractivity contribution in [2.24, 2.45) is 11.8 Å². The van der Waals surface area contributed by atoms with E-state index >= 15 is 0 Å². The molecule has 0 N–H and O–H groups in total. The Kier molecular flexibility index (Phi) is 5.51. The average molecular weight is 350 g/mol. The number of Topliss-reactive ketones (excluding diaryl/α,β-unsaturated/α-hetero) is 1. The van der Waals surface area contributed by atoms with Gasteiger partial charge in [-0.2, -0.15) is 5.10 Å². The Morgan fingerprint density at radius 2 is 1.80 bits per heavy atom. The van der Waals surface area contributed by atoms with Gasteiger partial charge in [-0.3, -0.25) is 14.4 Å². The smallest absolute Gasteiger partial charge is 0.320 e. The highest BCUT2D eigenvalue weighted by Crippen LogP contribution is 2.24. The van der Waals surface area contributed by atoms with E-state index in [1.807, 2.05) is 6.92 Å². The van der Waals surface area contributed by atoms with Gasteiger partial charge in [0.2, 0.25) is 0 Å². The van der Waals surface area contributed by atoms with E-state index < -0.39 is 35.4 Å². The Balaban J connectivity index is 2.51. The lowest BCUT2D eigenvalue weighted by Gasteiger charge is -2.19. The number of nitrogens with zero attached hydrogens (tertiary/aromatic N) is 2. The fourth-order valence-corrected chi connectivity index (χ4v) is 2.64. The molecule has 2 aromatic rings. The first kappa shape index (κ1) is 18.6. The Labute approximate surface area is 143 Å². The fraction of sp³-hybridized carbons (Fsp3) is 0.412. The average Bonchev–Trinajstić information content (AvgIpc) is 3.02. The molecule has 0 amide bonds. The van der Waals surface area contributed by atoms with E-state index in [9.17, 15) is 18.8 Å². The molecule has 0 aliphatic carbocycles. The lowest BCUT2D eigenvalue weighted by Crippen LogP contribution is -2.36. The molecule has 25 heavy (non-hydrogen) atoms. The van der Waals surface area contributed by atoms with Gasteiger partial charge in [-0.15, -0.1) is 0 Å². The van der Waals surface area contributed by atoms with Crippen LogP contribution in [0.3, 0.4) is 0 Å². The maximum Gasteiger partial charge on any atom is 0.320 e. The first-order valence-electron chi connectivity index (χ1n) is 7.71. The van der Waals surface area contributed by atoms with Gasteiger partial charge >= 0.3 is 11.9 Å². The van der Waals surface area contributed by atoms with Crippen molar-refractivity contribution < 1.29 is 28.2 Å². The first-order chi connectivity index (χ1) is 11.8. The normalized spacial score (nSPS) is 12.2. The third-order valence-corrected chi connectivity index (χ3v) is 4.04. The number of aromatic nitrogens is 2. The Morgan fingerprint density at radius 1 is 1.20 bits per heavy atom. The van der Waals surface area contributed by atoms with E-state index in [1.54, 1.807) is 6.07 Å². The van der Waals surface area contributed by atoms with Gasteiger partial charge in [-0.25, -0.2) is 8.91 Å². The van der Waals surface area contributed by atoms with Crippen LogP contribution < -0.4 is 0 Å². The second-order valence-corrected chi connectivity index (χ2v) is 5.57. The molecule has 2 heterocycles. The molecule has 2 rings (SSSR count). The molecule has 7 nitrogen and oxygen atoms in total. The van der Waals surface area contributed by atoms with E-state index in [1.165, 1.54) is 11.4 Å². The van der Waals surface area contributed by atoms with Crippen molar-refractivity contribution in [2.75, 3.05) is 14.2 Å². The third-order valence-electron chi connectivity index (χ3n) is 4.04. The molecule has 0 radical (unpaired) electrons. The number of halogens is 1. The number of aryl methyl sites for hydroxylation is 1. The molecule has 0 spiro atoms. The standard InChI is InChI=1S/C17H19FN2O5/c1-5-11-7-13-12(6-10(18)8-20(13)19-11)15(21)9(2)14(16(22)24-3)17(23)25-4/h6-9,14H,5H2,1-4H3. The summed E-state index contributed by atoms with van der Waals surface area (Å²) in [6.45, 7) is 3.28. The summed E-state index contributed by atoms with van der Waals surface area (Å²) in [7, 11) is 2.22. The highest BCUT2D eigenvalue weighted by Gasteiger charge is 2.39. The predicted octanol–water partition coefficient (Wildman–Crippen LogP) is 1.82. The zero-order valence-electron chi connectivity index (χ0n) is 14.4. The number of methoxy groups -OCH3 is 2. The molecule has 0 bridgehead atoms. The van der Waals surface area contributed by atoms with Gasteiger partial charge in [-0.05, 0) is 18.6 Å². The third kappa shape index (κ3) is 3.52. The summed E-state index contributed by atoms with van der Waals surface area (Å²) in [6.07, 6.45) is 1.77. The summed E-state index contributed by atoms with van der Waals surface area (Å²) >= 11 is 0. The summed E-state index contributed by atoms with van der Waals surface area (Å²) in [5, 5.41) is 4.18. The number of hydrogen-bond donors (Lipinski definition) is 0. The summed E-state index contributed by atoms with van der Waals surface area (Å²) < 4.78 is 24.3. The van der Waals surface area contributed by atoms with Gasteiger partial charge in [0.25, 0.3) is 0 Å². The topological polar surface area (TPSA) is 87.0 Å². The monoisotopic (exact) mass is 350 g/mol. The molecular formula is C17H19FN2O5.